The normalized spacial score (nSPS) is 18.1. The highest BCUT2D eigenvalue weighted by Crippen LogP contribution is 2.14. The first-order chi connectivity index (χ1) is 6.80. The second-order valence-corrected chi connectivity index (χ2v) is 3.10. The number of hydrogen-bond acceptors (Lipinski definition) is 2. The Bertz CT molecular complexity index is 262. The summed E-state index contributed by atoms with van der Waals surface area (Å²) in [6.07, 6.45) is 8.25. The maximum Gasteiger partial charge on any atom is 0.209 e. The molecule has 3 heteroatoms. The van der Waals surface area contributed by atoms with Crippen LogP contribution in [0.3, 0.4) is 0 Å². The van der Waals surface area contributed by atoms with Crippen molar-refractivity contribution >= 4 is 6.41 Å². The second kappa shape index (κ2) is 5.27. The Morgan fingerprint density at radius 1 is 1.57 bits per heavy atom. The highest BCUT2D eigenvalue weighted by molar-refractivity contribution is 5.48. The first-order valence-corrected chi connectivity index (χ1v) is 4.61. The van der Waals surface area contributed by atoms with Crippen LogP contribution in [0.1, 0.15) is 6.92 Å². The fraction of sp³-hybridized carbons (Fsp3) is 0.364. The van der Waals surface area contributed by atoms with Crippen molar-refractivity contribution in [2.24, 2.45) is 0 Å². The SMILES string of the molecule is C=C/C=C(\C=C/C)OC1CN(C=O)C1. The van der Waals surface area contributed by atoms with Gasteiger partial charge in [0.25, 0.3) is 0 Å². The molecule has 14 heavy (non-hydrogen) atoms. The van der Waals surface area contributed by atoms with Gasteiger partial charge in [0.1, 0.15) is 11.9 Å². The van der Waals surface area contributed by atoms with Crippen LogP contribution in [0.15, 0.2) is 36.6 Å². The number of hydrogen-bond donors (Lipinski definition) is 0. The molecule has 0 saturated carbocycles. The monoisotopic (exact) mass is 193 g/mol. The van der Waals surface area contributed by atoms with Gasteiger partial charge in [-0.15, -0.1) is 0 Å². The Balaban J connectivity index is 2.38. The molecule has 0 spiro atoms. The molecule has 0 aliphatic carbocycles. The molecule has 1 fully saturated rings. The number of rotatable bonds is 5. The van der Waals surface area contributed by atoms with Crippen LogP contribution in [0.25, 0.3) is 0 Å². The van der Waals surface area contributed by atoms with E-state index in [1.165, 1.54) is 0 Å². The van der Waals surface area contributed by atoms with Gasteiger partial charge in [0.05, 0.1) is 13.1 Å². The van der Waals surface area contributed by atoms with Crippen LogP contribution in [0, 0.1) is 0 Å². The summed E-state index contributed by atoms with van der Waals surface area (Å²) in [5, 5.41) is 0. The van der Waals surface area contributed by atoms with Crippen LogP contribution >= 0.6 is 0 Å². The third-order valence-electron chi connectivity index (χ3n) is 1.94. The number of carbonyl (C=O) groups is 1. The summed E-state index contributed by atoms with van der Waals surface area (Å²) in [5.41, 5.74) is 0. The molecule has 0 aromatic rings. The molecule has 0 radical (unpaired) electrons. The Morgan fingerprint density at radius 3 is 2.79 bits per heavy atom. The van der Waals surface area contributed by atoms with E-state index in [0.717, 1.165) is 12.2 Å². The number of allylic oxidation sites excluding steroid dienone is 4. The van der Waals surface area contributed by atoms with E-state index in [9.17, 15) is 4.79 Å². The van der Waals surface area contributed by atoms with Crippen molar-refractivity contribution < 1.29 is 9.53 Å². The maximum absolute atomic E-state index is 10.3. The van der Waals surface area contributed by atoms with E-state index >= 15 is 0 Å². The zero-order chi connectivity index (χ0) is 10.4. The van der Waals surface area contributed by atoms with Gasteiger partial charge in [-0.1, -0.05) is 18.7 Å². The van der Waals surface area contributed by atoms with Gasteiger partial charge >= 0.3 is 0 Å². The lowest BCUT2D eigenvalue weighted by molar-refractivity contribution is -0.128. The molecular formula is C11H15NO2. The topological polar surface area (TPSA) is 29.5 Å². The van der Waals surface area contributed by atoms with Crippen molar-refractivity contribution in [3.8, 4) is 0 Å². The lowest BCUT2D eigenvalue weighted by Crippen LogP contribution is -2.50. The van der Waals surface area contributed by atoms with Crippen LogP contribution in [0.4, 0.5) is 0 Å². The summed E-state index contributed by atoms with van der Waals surface area (Å²) in [5.74, 6) is 0.790. The average molecular weight is 193 g/mol. The molecule has 1 aliphatic heterocycles. The fourth-order valence-corrected chi connectivity index (χ4v) is 1.24. The van der Waals surface area contributed by atoms with Crippen molar-refractivity contribution in [2.75, 3.05) is 13.1 Å². The number of likely N-dealkylation sites (tertiary alicyclic amines) is 1. The maximum atomic E-state index is 10.3. The van der Waals surface area contributed by atoms with E-state index in [-0.39, 0.29) is 6.10 Å². The van der Waals surface area contributed by atoms with E-state index in [4.69, 9.17) is 4.74 Å². The van der Waals surface area contributed by atoms with Gasteiger partial charge in [-0.3, -0.25) is 4.79 Å². The molecule has 76 valence electrons. The van der Waals surface area contributed by atoms with Crippen molar-refractivity contribution in [1.29, 1.82) is 0 Å². The average Bonchev–Trinajstić information content (AvgIpc) is 2.11. The van der Waals surface area contributed by atoms with Crippen LogP contribution in [0.5, 0.6) is 0 Å². The summed E-state index contributed by atoms with van der Waals surface area (Å²) >= 11 is 0. The van der Waals surface area contributed by atoms with E-state index in [2.05, 4.69) is 6.58 Å². The van der Waals surface area contributed by atoms with Crippen molar-refractivity contribution in [3.05, 3.63) is 36.6 Å². The van der Waals surface area contributed by atoms with Crippen LogP contribution in [0.2, 0.25) is 0 Å². The lowest BCUT2D eigenvalue weighted by Gasteiger charge is -2.36. The van der Waals surface area contributed by atoms with Crippen molar-refractivity contribution in [2.45, 2.75) is 13.0 Å². The largest absolute Gasteiger partial charge is 0.487 e. The number of nitrogens with zero attached hydrogens (tertiary/aromatic N) is 1. The first kappa shape index (κ1) is 10.6. The van der Waals surface area contributed by atoms with Crippen LogP contribution in [-0.4, -0.2) is 30.5 Å². The summed E-state index contributed by atoms with van der Waals surface area (Å²) in [6.45, 7) is 6.89. The molecule has 3 nitrogen and oxygen atoms in total. The number of ether oxygens (including phenoxy) is 1. The summed E-state index contributed by atoms with van der Waals surface area (Å²) in [4.78, 5) is 12.0. The Labute approximate surface area is 84.3 Å². The van der Waals surface area contributed by atoms with Crippen LogP contribution < -0.4 is 0 Å². The molecule has 1 heterocycles. The molecule has 1 rings (SSSR count). The highest BCUT2D eigenvalue weighted by Gasteiger charge is 2.26. The van der Waals surface area contributed by atoms with Gasteiger partial charge in [-0.25, -0.2) is 0 Å². The van der Waals surface area contributed by atoms with Gasteiger partial charge in [-0.2, -0.15) is 0 Å². The predicted molar refractivity (Wildman–Crippen MR) is 55.6 cm³/mol. The smallest absolute Gasteiger partial charge is 0.209 e. The first-order valence-electron chi connectivity index (χ1n) is 4.61. The highest BCUT2D eigenvalue weighted by atomic mass is 16.5. The summed E-state index contributed by atoms with van der Waals surface area (Å²) in [7, 11) is 0. The Kier molecular flexibility index (Phi) is 3.98. The molecule has 0 unspecified atom stereocenters. The minimum absolute atomic E-state index is 0.127. The van der Waals surface area contributed by atoms with Gasteiger partial charge in [0.15, 0.2) is 0 Å². The van der Waals surface area contributed by atoms with E-state index in [1.54, 1.807) is 11.0 Å². The van der Waals surface area contributed by atoms with Gasteiger partial charge in [0, 0.05) is 0 Å². The number of amides is 1. The van der Waals surface area contributed by atoms with E-state index in [0.29, 0.717) is 13.1 Å². The molecular weight excluding hydrogens is 178 g/mol. The zero-order valence-electron chi connectivity index (χ0n) is 8.35. The molecule has 0 bridgehead atoms. The Hall–Kier alpha value is -1.51. The lowest BCUT2D eigenvalue weighted by atomic mass is 10.2. The molecule has 0 N–H and O–H groups in total. The summed E-state index contributed by atoms with van der Waals surface area (Å²) < 4.78 is 5.60. The van der Waals surface area contributed by atoms with E-state index in [1.807, 2.05) is 25.2 Å². The van der Waals surface area contributed by atoms with Crippen LogP contribution in [-0.2, 0) is 9.53 Å². The Morgan fingerprint density at radius 2 is 2.29 bits per heavy atom. The third kappa shape index (κ3) is 2.76. The molecule has 0 aromatic heterocycles. The zero-order valence-corrected chi connectivity index (χ0v) is 8.35. The minimum Gasteiger partial charge on any atom is -0.487 e. The quantitative estimate of drug-likeness (QED) is 0.376. The molecule has 1 aliphatic rings. The summed E-state index contributed by atoms with van der Waals surface area (Å²) in [6, 6.07) is 0. The van der Waals surface area contributed by atoms with Crippen molar-refractivity contribution in [1.82, 2.24) is 4.90 Å². The van der Waals surface area contributed by atoms with Gasteiger partial charge < -0.3 is 9.64 Å². The number of carbonyl (C=O) groups excluding carboxylic acids is 1. The second-order valence-electron chi connectivity index (χ2n) is 3.10. The van der Waals surface area contributed by atoms with Gasteiger partial charge in [0.2, 0.25) is 6.41 Å². The third-order valence-corrected chi connectivity index (χ3v) is 1.94. The van der Waals surface area contributed by atoms with E-state index < -0.39 is 0 Å². The molecule has 1 amide bonds. The molecule has 0 atom stereocenters. The molecule has 0 aromatic carbocycles. The minimum atomic E-state index is 0.127. The van der Waals surface area contributed by atoms with Crippen molar-refractivity contribution in [3.63, 3.8) is 0 Å². The predicted octanol–water partition coefficient (Wildman–Crippen LogP) is 1.49. The van der Waals surface area contributed by atoms with Gasteiger partial charge in [-0.05, 0) is 19.1 Å². The standard InChI is InChI=1S/C11H15NO2/c1-3-5-10(6-4-2)14-11-7-12(8-11)9-13/h3-6,9,11H,1,7-8H2,2H3/b6-4-,10-5+. The molecule has 1 saturated heterocycles. The fourth-order valence-electron chi connectivity index (χ4n) is 1.24.